The number of carbonyl (C=O) groups excluding carboxylic acids is 1. The molecule has 33 heavy (non-hydrogen) atoms. The molecular formula is C22H24FN5O4S. The lowest BCUT2D eigenvalue weighted by molar-refractivity contribution is -0.384. The Labute approximate surface area is 194 Å². The summed E-state index contributed by atoms with van der Waals surface area (Å²) >= 11 is 1.21. The van der Waals surface area contributed by atoms with Gasteiger partial charge in [-0.1, -0.05) is 17.4 Å². The first kappa shape index (κ1) is 23.0. The number of ether oxygens (including phenoxy) is 1. The molecule has 1 aliphatic heterocycles. The Morgan fingerprint density at radius 2 is 2.00 bits per heavy atom. The van der Waals surface area contributed by atoms with E-state index in [9.17, 15) is 19.3 Å². The Hall–Kier alpha value is -3.15. The third kappa shape index (κ3) is 4.95. The summed E-state index contributed by atoms with van der Waals surface area (Å²) in [6.45, 7) is 2.90. The predicted octanol–water partition coefficient (Wildman–Crippen LogP) is 3.39. The van der Waals surface area contributed by atoms with Gasteiger partial charge >= 0.3 is 0 Å². The molecule has 1 aliphatic rings. The van der Waals surface area contributed by atoms with Gasteiger partial charge in [0.05, 0.1) is 22.8 Å². The molecule has 0 atom stereocenters. The Bertz CT molecular complexity index is 1180. The Balaban J connectivity index is 1.71. The molecule has 0 radical (unpaired) electrons. The molecule has 0 saturated carbocycles. The van der Waals surface area contributed by atoms with Crippen LogP contribution in [0.5, 0.6) is 0 Å². The summed E-state index contributed by atoms with van der Waals surface area (Å²) in [7, 11) is 3.76. The second-order valence-electron chi connectivity index (χ2n) is 7.90. The second kappa shape index (κ2) is 9.77. The molecule has 174 valence electrons. The molecule has 4 rings (SSSR count). The molecule has 1 amide bonds. The van der Waals surface area contributed by atoms with E-state index in [1.54, 1.807) is 24.3 Å². The molecule has 0 spiro atoms. The molecule has 1 saturated heterocycles. The summed E-state index contributed by atoms with van der Waals surface area (Å²) in [6.07, 6.45) is 0. The minimum Gasteiger partial charge on any atom is -0.378 e. The number of amides is 1. The van der Waals surface area contributed by atoms with Crippen LogP contribution >= 0.6 is 11.3 Å². The topological polar surface area (TPSA) is 92.0 Å². The Kier molecular flexibility index (Phi) is 6.82. The van der Waals surface area contributed by atoms with E-state index in [4.69, 9.17) is 4.74 Å². The average molecular weight is 474 g/mol. The number of rotatable bonds is 7. The van der Waals surface area contributed by atoms with Crippen LogP contribution in [0, 0.1) is 15.9 Å². The van der Waals surface area contributed by atoms with Crippen LogP contribution in [0.3, 0.4) is 0 Å². The van der Waals surface area contributed by atoms with Crippen molar-refractivity contribution in [1.29, 1.82) is 0 Å². The van der Waals surface area contributed by atoms with Crippen molar-refractivity contribution in [3.05, 3.63) is 57.9 Å². The number of fused-ring (bicyclic) bond motifs is 1. The highest BCUT2D eigenvalue weighted by atomic mass is 32.1. The average Bonchev–Trinajstić information content (AvgIpc) is 3.24. The van der Waals surface area contributed by atoms with E-state index in [0.29, 0.717) is 54.9 Å². The van der Waals surface area contributed by atoms with Crippen LogP contribution in [-0.4, -0.2) is 74.2 Å². The van der Waals surface area contributed by atoms with Crippen molar-refractivity contribution >= 4 is 44.0 Å². The fourth-order valence-electron chi connectivity index (χ4n) is 3.63. The normalized spacial score (nSPS) is 14.1. The first-order valence-corrected chi connectivity index (χ1v) is 11.3. The number of anilines is 2. The van der Waals surface area contributed by atoms with Crippen molar-refractivity contribution in [1.82, 2.24) is 9.88 Å². The lowest BCUT2D eigenvalue weighted by Gasteiger charge is -2.28. The van der Waals surface area contributed by atoms with Crippen molar-refractivity contribution in [2.24, 2.45) is 0 Å². The molecule has 0 bridgehead atoms. The monoisotopic (exact) mass is 473 g/mol. The number of halogens is 1. The number of carbonyl (C=O) groups is 1. The minimum absolute atomic E-state index is 0.134. The smallest absolute Gasteiger partial charge is 0.293 e. The van der Waals surface area contributed by atoms with Gasteiger partial charge in [0.2, 0.25) is 0 Å². The van der Waals surface area contributed by atoms with Gasteiger partial charge in [0.25, 0.3) is 11.6 Å². The summed E-state index contributed by atoms with van der Waals surface area (Å²) < 4.78 is 20.2. The maximum Gasteiger partial charge on any atom is 0.293 e. The lowest BCUT2D eigenvalue weighted by Crippen LogP contribution is -2.37. The Morgan fingerprint density at radius 1 is 1.24 bits per heavy atom. The Morgan fingerprint density at radius 3 is 2.67 bits per heavy atom. The molecule has 2 aromatic carbocycles. The SMILES string of the molecule is CN(C)CCN(C(=O)c1ccc(N2CCOCC2)c([N+](=O)[O-])c1)c1nc2c(F)cccc2s1. The number of hydrogen-bond acceptors (Lipinski definition) is 8. The van der Waals surface area contributed by atoms with Crippen LogP contribution in [0.15, 0.2) is 36.4 Å². The molecule has 1 fully saturated rings. The van der Waals surface area contributed by atoms with Gasteiger partial charge in [-0.2, -0.15) is 0 Å². The number of nitro groups is 1. The van der Waals surface area contributed by atoms with E-state index in [1.807, 2.05) is 23.9 Å². The number of likely N-dealkylation sites (N-methyl/N-ethyl adjacent to an activating group) is 1. The largest absolute Gasteiger partial charge is 0.378 e. The van der Waals surface area contributed by atoms with Crippen LogP contribution in [0.25, 0.3) is 10.2 Å². The van der Waals surface area contributed by atoms with Crippen molar-refractivity contribution in [3.8, 4) is 0 Å². The molecule has 11 heteroatoms. The van der Waals surface area contributed by atoms with E-state index in [0.717, 1.165) is 0 Å². The fourth-order valence-corrected chi connectivity index (χ4v) is 4.64. The first-order chi connectivity index (χ1) is 15.8. The zero-order chi connectivity index (χ0) is 23.5. The number of thiazole rings is 1. The van der Waals surface area contributed by atoms with Gasteiger partial charge in [0.15, 0.2) is 5.13 Å². The van der Waals surface area contributed by atoms with Gasteiger partial charge in [0.1, 0.15) is 17.0 Å². The lowest BCUT2D eigenvalue weighted by atomic mass is 10.1. The summed E-state index contributed by atoms with van der Waals surface area (Å²) in [6, 6.07) is 9.18. The van der Waals surface area contributed by atoms with Crippen LogP contribution in [0.4, 0.5) is 20.9 Å². The summed E-state index contributed by atoms with van der Waals surface area (Å²) in [5.41, 5.74) is 0.707. The molecule has 0 N–H and O–H groups in total. The summed E-state index contributed by atoms with van der Waals surface area (Å²) in [5.74, 6) is -0.881. The van der Waals surface area contributed by atoms with Crippen molar-refractivity contribution in [3.63, 3.8) is 0 Å². The number of hydrogen-bond donors (Lipinski definition) is 0. The van der Waals surface area contributed by atoms with E-state index in [-0.39, 0.29) is 16.8 Å². The first-order valence-electron chi connectivity index (χ1n) is 10.5. The quantitative estimate of drug-likeness (QED) is 0.384. The van der Waals surface area contributed by atoms with Gasteiger partial charge < -0.3 is 14.5 Å². The minimum atomic E-state index is -0.473. The van der Waals surface area contributed by atoms with E-state index < -0.39 is 16.6 Å². The zero-order valence-electron chi connectivity index (χ0n) is 18.4. The van der Waals surface area contributed by atoms with Crippen molar-refractivity contribution < 1.29 is 18.8 Å². The van der Waals surface area contributed by atoms with E-state index in [2.05, 4.69) is 4.98 Å². The van der Waals surface area contributed by atoms with Crippen LogP contribution in [-0.2, 0) is 4.74 Å². The van der Waals surface area contributed by atoms with Crippen LogP contribution in [0.2, 0.25) is 0 Å². The van der Waals surface area contributed by atoms with Gasteiger partial charge in [-0.15, -0.1) is 0 Å². The number of para-hydroxylation sites is 1. The van der Waals surface area contributed by atoms with E-state index >= 15 is 0 Å². The third-order valence-electron chi connectivity index (χ3n) is 5.38. The molecule has 9 nitrogen and oxygen atoms in total. The second-order valence-corrected chi connectivity index (χ2v) is 8.91. The van der Waals surface area contributed by atoms with Crippen molar-refractivity contribution in [2.45, 2.75) is 0 Å². The maximum atomic E-state index is 14.2. The number of nitrogens with zero attached hydrogens (tertiary/aromatic N) is 5. The van der Waals surface area contributed by atoms with E-state index in [1.165, 1.54) is 28.4 Å². The zero-order valence-corrected chi connectivity index (χ0v) is 19.2. The van der Waals surface area contributed by atoms with Gasteiger partial charge in [-0.25, -0.2) is 9.37 Å². The third-order valence-corrected chi connectivity index (χ3v) is 6.42. The molecule has 3 aromatic rings. The predicted molar refractivity (Wildman–Crippen MR) is 126 cm³/mol. The highest BCUT2D eigenvalue weighted by molar-refractivity contribution is 7.22. The molecule has 0 unspecified atom stereocenters. The van der Waals surface area contributed by atoms with Gasteiger partial charge in [-0.3, -0.25) is 19.8 Å². The highest BCUT2D eigenvalue weighted by Crippen LogP contribution is 2.33. The number of benzene rings is 2. The fraction of sp³-hybridized carbons (Fsp3) is 0.364. The number of nitro benzene ring substituents is 1. The molecule has 0 aliphatic carbocycles. The molecule has 2 heterocycles. The summed E-state index contributed by atoms with van der Waals surface area (Å²) in [4.78, 5) is 34.5. The van der Waals surface area contributed by atoms with Crippen molar-refractivity contribution in [2.75, 3.05) is 63.3 Å². The standard InChI is InChI=1S/C22H24FN5O4S/c1-25(2)8-9-27(22-24-20-16(23)4-3-5-19(20)33-22)21(29)15-6-7-17(18(14-15)28(30)31)26-10-12-32-13-11-26/h3-7,14H,8-13H2,1-2H3. The van der Waals surface area contributed by atoms with Gasteiger partial charge in [0, 0.05) is 37.8 Å². The maximum absolute atomic E-state index is 14.2. The highest BCUT2D eigenvalue weighted by Gasteiger charge is 2.27. The molecule has 1 aromatic heterocycles. The van der Waals surface area contributed by atoms with Crippen LogP contribution < -0.4 is 9.80 Å². The molecular weight excluding hydrogens is 449 g/mol. The van der Waals surface area contributed by atoms with Crippen LogP contribution in [0.1, 0.15) is 10.4 Å². The van der Waals surface area contributed by atoms with Gasteiger partial charge in [-0.05, 0) is 38.4 Å². The summed E-state index contributed by atoms with van der Waals surface area (Å²) in [5, 5.41) is 12.2. The number of aromatic nitrogens is 1. The number of morpholine rings is 1.